The van der Waals surface area contributed by atoms with Crippen molar-refractivity contribution in [3.63, 3.8) is 0 Å². The van der Waals surface area contributed by atoms with Crippen molar-refractivity contribution in [2.24, 2.45) is 0 Å². The van der Waals surface area contributed by atoms with Gasteiger partial charge in [-0.25, -0.2) is 0 Å². The van der Waals surface area contributed by atoms with Crippen molar-refractivity contribution in [3.8, 4) is 0 Å². The van der Waals surface area contributed by atoms with Crippen molar-refractivity contribution < 1.29 is 4.74 Å². The summed E-state index contributed by atoms with van der Waals surface area (Å²) in [5.41, 5.74) is 2.48. The van der Waals surface area contributed by atoms with E-state index in [1.165, 1.54) is 32.7 Å². The molecule has 0 radical (unpaired) electrons. The quantitative estimate of drug-likeness (QED) is 0.403. The van der Waals surface area contributed by atoms with Crippen LogP contribution in [0.2, 0.25) is 0 Å². The Labute approximate surface area is 142 Å². The summed E-state index contributed by atoms with van der Waals surface area (Å²) in [7, 11) is 0. The standard InChI is InChI=1S/C23H20O/c1-17(24-16-18-9-3-2-4-10-18)23-21-13-7-5-11-19(21)15-20-12-6-8-14-22(20)23/h2-15,17H,16H2,1H3/t17-/m0/s1. The molecule has 0 aromatic heterocycles. The highest BCUT2D eigenvalue weighted by Crippen LogP contribution is 2.34. The number of fused-ring (bicyclic) bond motifs is 2. The Bertz CT molecular complexity index is 919. The molecule has 0 saturated heterocycles. The minimum atomic E-state index is 0.0289. The zero-order valence-corrected chi connectivity index (χ0v) is 13.8. The SMILES string of the molecule is C[C@H](OCc1ccccc1)c1c2ccccc2cc2ccccc12. The predicted octanol–water partition coefficient (Wildman–Crippen LogP) is 6.27. The van der Waals surface area contributed by atoms with Crippen LogP contribution in [0.25, 0.3) is 21.5 Å². The van der Waals surface area contributed by atoms with Crippen LogP contribution in [0.3, 0.4) is 0 Å². The lowest BCUT2D eigenvalue weighted by molar-refractivity contribution is 0.0544. The lowest BCUT2D eigenvalue weighted by atomic mass is 9.94. The first kappa shape index (κ1) is 14.9. The van der Waals surface area contributed by atoms with Gasteiger partial charge < -0.3 is 4.74 Å². The average molecular weight is 312 g/mol. The molecule has 0 saturated carbocycles. The van der Waals surface area contributed by atoms with Crippen molar-refractivity contribution in [2.75, 3.05) is 0 Å². The van der Waals surface area contributed by atoms with Crippen molar-refractivity contribution >= 4 is 21.5 Å². The molecule has 4 aromatic rings. The smallest absolute Gasteiger partial charge is 0.0813 e. The Kier molecular flexibility index (Phi) is 4.02. The maximum Gasteiger partial charge on any atom is 0.0813 e. The molecule has 118 valence electrons. The van der Waals surface area contributed by atoms with Gasteiger partial charge in [-0.1, -0.05) is 78.9 Å². The van der Waals surface area contributed by atoms with Crippen molar-refractivity contribution in [1.29, 1.82) is 0 Å². The summed E-state index contributed by atoms with van der Waals surface area (Å²) in [6, 6.07) is 29.7. The summed E-state index contributed by atoms with van der Waals surface area (Å²) in [6.07, 6.45) is 0.0289. The van der Waals surface area contributed by atoms with Gasteiger partial charge in [0.05, 0.1) is 12.7 Å². The van der Waals surface area contributed by atoms with E-state index in [1.54, 1.807) is 0 Å². The maximum atomic E-state index is 6.23. The van der Waals surface area contributed by atoms with Gasteiger partial charge in [0, 0.05) is 0 Å². The molecule has 0 amide bonds. The molecule has 0 fully saturated rings. The average Bonchev–Trinajstić information content (AvgIpc) is 2.65. The second-order valence-corrected chi connectivity index (χ2v) is 6.17. The third-order valence-electron chi connectivity index (χ3n) is 4.56. The van der Waals surface area contributed by atoms with Gasteiger partial charge in [0.15, 0.2) is 0 Å². The second kappa shape index (κ2) is 6.46. The first-order valence-corrected chi connectivity index (χ1v) is 8.39. The Morgan fingerprint density at radius 3 is 1.88 bits per heavy atom. The first-order chi connectivity index (χ1) is 11.8. The molecule has 0 unspecified atom stereocenters. The minimum Gasteiger partial charge on any atom is -0.369 e. The lowest BCUT2D eigenvalue weighted by Crippen LogP contribution is -2.02. The third kappa shape index (κ3) is 2.79. The molecule has 1 heteroatoms. The largest absolute Gasteiger partial charge is 0.369 e. The summed E-state index contributed by atoms with van der Waals surface area (Å²) >= 11 is 0. The molecule has 24 heavy (non-hydrogen) atoms. The van der Waals surface area contributed by atoms with Gasteiger partial charge in [-0.15, -0.1) is 0 Å². The highest BCUT2D eigenvalue weighted by Gasteiger charge is 2.14. The molecule has 1 atom stereocenters. The van der Waals surface area contributed by atoms with Crippen LogP contribution in [0.15, 0.2) is 84.9 Å². The Hall–Kier alpha value is -2.64. The molecular formula is C23H20O. The van der Waals surface area contributed by atoms with Crippen LogP contribution in [0.1, 0.15) is 24.2 Å². The van der Waals surface area contributed by atoms with E-state index in [9.17, 15) is 0 Å². The van der Waals surface area contributed by atoms with Crippen LogP contribution in [-0.2, 0) is 11.3 Å². The molecule has 1 nitrogen and oxygen atoms in total. The number of hydrogen-bond donors (Lipinski definition) is 0. The topological polar surface area (TPSA) is 9.23 Å². The fraction of sp³-hybridized carbons (Fsp3) is 0.130. The molecule has 0 spiro atoms. The van der Waals surface area contributed by atoms with Crippen LogP contribution in [0.4, 0.5) is 0 Å². The van der Waals surface area contributed by atoms with Gasteiger partial charge in [-0.05, 0) is 45.7 Å². The Balaban J connectivity index is 1.78. The van der Waals surface area contributed by atoms with Crippen LogP contribution in [-0.4, -0.2) is 0 Å². The molecule has 0 bridgehead atoms. The van der Waals surface area contributed by atoms with Crippen molar-refractivity contribution in [3.05, 3.63) is 96.1 Å². The highest BCUT2D eigenvalue weighted by molar-refractivity contribution is 6.02. The van der Waals surface area contributed by atoms with E-state index >= 15 is 0 Å². The zero-order valence-electron chi connectivity index (χ0n) is 13.8. The Morgan fingerprint density at radius 1 is 0.708 bits per heavy atom. The van der Waals surface area contributed by atoms with Crippen LogP contribution in [0.5, 0.6) is 0 Å². The molecule has 0 aliphatic rings. The van der Waals surface area contributed by atoms with Crippen molar-refractivity contribution in [2.45, 2.75) is 19.6 Å². The Morgan fingerprint density at radius 2 is 1.25 bits per heavy atom. The van der Waals surface area contributed by atoms with Crippen molar-refractivity contribution in [1.82, 2.24) is 0 Å². The molecule has 0 aliphatic carbocycles. The molecule has 4 rings (SSSR count). The number of ether oxygens (including phenoxy) is 1. The van der Waals surface area contributed by atoms with E-state index in [-0.39, 0.29) is 6.10 Å². The van der Waals surface area contributed by atoms with E-state index in [4.69, 9.17) is 4.74 Å². The fourth-order valence-electron chi connectivity index (χ4n) is 3.37. The van der Waals surface area contributed by atoms with Gasteiger partial charge in [0.25, 0.3) is 0 Å². The fourth-order valence-corrected chi connectivity index (χ4v) is 3.37. The van der Waals surface area contributed by atoms with E-state index in [0.29, 0.717) is 6.61 Å². The second-order valence-electron chi connectivity index (χ2n) is 6.17. The normalized spacial score (nSPS) is 12.5. The van der Waals surface area contributed by atoms with Crippen LogP contribution < -0.4 is 0 Å². The number of rotatable bonds is 4. The van der Waals surface area contributed by atoms with E-state index in [0.717, 1.165) is 0 Å². The molecule has 0 N–H and O–H groups in total. The van der Waals surface area contributed by atoms with Gasteiger partial charge in [0.2, 0.25) is 0 Å². The van der Waals surface area contributed by atoms with Gasteiger partial charge in [-0.2, -0.15) is 0 Å². The van der Waals surface area contributed by atoms with E-state index < -0.39 is 0 Å². The van der Waals surface area contributed by atoms with Crippen LogP contribution in [0, 0.1) is 0 Å². The highest BCUT2D eigenvalue weighted by atomic mass is 16.5. The summed E-state index contributed by atoms with van der Waals surface area (Å²) in [4.78, 5) is 0. The first-order valence-electron chi connectivity index (χ1n) is 8.39. The van der Waals surface area contributed by atoms with Gasteiger partial charge in [0.1, 0.15) is 0 Å². The van der Waals surface area contributed by atoms with E-state index in [1.807, 2.05) is 6.07 Å². The predicted molar refractivity (Wildman–Crippen MR) is 101 cm³/mol. The lowest BCUT2D eigenvalue weighted by Gasteiger charge is -2.19. The molecule has 0 aliphatic heterocycles. The van der Waals surface area contributed by atoms with Gasteiger partial charge >= 0.3 is 0 Å². The maximum absolute atomic E-state index is 6.23. The monoisotopic (exact) mass is 312 g/mol. The van der Waals surface area contributed by atoms with Gasteiger partial charge in [-0.3, -0.25) is 0 Å². The van der Waals surface area contributed by atoms with E-state index in [2.05, 4.69) is 85.8 Å². The van der Waals surface area contributed by atoms with Crippen LogP contribution >= 0.6 is 0 Å². The molecule has 4 aromatic carbocycles. The summed E-state index contributed by atoms with van der Waals surface area (Å²) in [5.74, 6) is 0. The minimum absolute atomic E-state index is 0.0289. The summed E-state index contributed by atoms with van der Waals surface area (Å²) in [6.45, 7) is 2.77. The summed E-state index contributed by atoms with van der Waals surface area (Å²) < 4.78 is 6.23. The number of hydrogen-bond acceptors (Lipinski definition) is 1. The molecular weight excluding hydrogens is 292 g/mol. The zero-order chi connectivity index (χ0) is 16.4. The third-order valence-corrected chi connectivity index (χ3v) is 4.56. The molecule has 0 heterocycles. The summed E-state index contributed by atoms with van der Waals surface area (Å²) in [5, 5.41) is 5.08. The number of benzene rings is 4.